The first-order chi connectivity index (χ1) is 14.4. The number of hydrogen-bond acceptors (Lipinski definition) is 7. The first-order valence-electron chi connectivity index (χ1n) is 8.91. The maximum absolute atomic E-state index is 13.5. The number of halogens is 2. The minimum atomic E-state index is -0.806. The predicted octanol–water partition coefficient (Wildman–Crippen LogP) is 0.528. The lowest BCUT2D eigenvalue weighted by Gasteiger charge is -2.05. The molecule has 0 unspecified atom stereocenters. The van der Waals surface area contributed by atoms with E-state index in [1.165, 1.54) is 16.8 Å². The van der Waals surface area contributed by atoms with Crippen LogP contribution in [0.25, 0.3) is 11.7 Å². The monoisotopic (exact) mass is 413 g/mol. The third-order valence-corrected chi connectivity index (χ3v) is 4.28. The Morgan fingerprint density at radius 3 is 2.63 bits per heavy atom. The predicted molar refractivity (Wildman–Crippen MR) is 97.7 cm³/mol. The number of H-pyrrole nitrogens is 2. The highest BCUT2D eigenvalue weighted by atomic mass is 19.1. The van der Waals surface area contributed by atoms with Gasteiger partial charge in [-0.2, -0.15) is 19.6 Å². The van der Waals surface area contributed by atoms with Gasteiger partial charge in [-0.3, -0.25) is 4.98 Å². The van der Waals surface area contributed by atoms with Gasteiger partial charge in [0.1, 0.15) is 23.1 Å². The summed E-state index contributed by atoms with van der Waals surface area (Å²) in [6.45, 7) is 0. The molecule has 0 aliphatic heterocycles. The van der Waals surface area contributed by atoms with Gasteiger partial charge in [0.05, 0.1) is 12.2 Å². The largest absolute Gasteiger partial charge is 0.493 e. The van der Waals surface area contributed by atoms with Crippen LogP contribution in [0.15, 0.2) is 34.2 Å². The molecule has 4 aromatic rings. The fraction of sp³-hybridized carbons (Fsp3) is 0.167. The lowest BCUT2D eigenvalue weighted by Crippen LogP contribution is -2.23. The standard InChI is InChI=1S/C18H13F2N7O3/c19-9-4-10(20)6-12(5-9)30-18-24-14-8(3-13-15(28)25-17(29)23-13)7-21-27(14)16(26-18)22-11-1-2-11/h3-7,11,28H,1-2H2,(H2,23,25,29). The Kier molecular flexibility index (Phi) is 4.05. The Balaban J connectivity index is 1.68. The minimum Gasteiger partial charge on any atom is -0.493 e. The van der Waals surface area contributed by atoms with E-state index in [9.17, 15) is 18.7 Å². The zero-order chi connectivity index (χ0) is 20.8. The maximum Gasteiger partial charge on any atom is 0.327 e. The van der Waals surface area contributed by atoms with Crippen LogP contribution in [0.1, 0.15) is 18.5 Å². The van der Waals surface area contributed by atoms with E-state index < -0.39 is 17.3 Å². The van der Waals surface area contributed by atoms with Gasteiger partial charge in [0, 0.05) is 23.4 Å². The number of hydrogen-bond donors (Lipinski definition) is 3. The summed E-state index contributed by atoms with van der Waals surface area (Å²) in [5.41, 5.74) is 0.0221. The number of imidazole rings is 1. The highest BCUT2D eigenvalue weighted by Gasteiger charge is 2.21. The molecule has 0 radical (unpaired) electrons. The van der Waals surface area contributed by atoms with Gasteiger partial charge in [0.2, 0.25) is 5.88 Å². The molecule has 3 heterocycles. The molecule has 12 heteroatoms. The molecular formula is C18H13F2N7O3. The lowest BCUT2D eigenvalue weighted by molar-refractivity contribution is 0.427. The van der Waals surface area contributed by atoms with Crippen molar-refractivity contribution in [2.45, 2.75) is 18.9 Å². The van der Waals surface area contributed by atoms with Crippen molar-refractivity contribution in [2.75, 3.05) is 0 Å². The Hall–Kier alpha value is -4.09. The average Bonchev–Trinajstić information content (AvgIpc) is 3.30. The lowest BCUT2D eigenvalue weighted by atomic mass is 10.3. The average molecular weight is 413 g/mol. The topological polar surface area (TPSA) is 134 Å². The fourth-order valence-electron chi connectivity index (χ4n) is 2.80. The van der Waals surface area contributed by atoms with Gasteiger partial charge in [-0.25, -0.2) is 18.6 Å². The van der Waals surface area contributed by atoms with E-state index in [-0.39, 0.29) is 40.6 Å². The molecule has 0 saturated heterocycles. The summed E-state index contributed by atoms with van der Waals surface area (Å²) in [5.74, 6) is -2.08. The number of nitrogens with one attached hydrogen (secondary N) is 2. The molecule has 0 spiro atoms. The third kappa shape index (κ3) is 3.50. The third-order valence-electron chi connectivity index (χ3n) is 4.28. The summed E-state index contributed by atoms with van der Waals surface area (Å²) >= 11 is 0. The molecular weight excluding hydrogens is 400 g/mol. The second kappa shape index (κ2) is 6.76. The van der Waals surface area contributed by atoms with Gasteiger partial charge in [-0.15, -0.1) is 0 Å². The molecule has 0 bridgehead atoms. The van der Waals surface area contributed by atoms with Gasteiger partial charge in [0.15, 0.2) is 5.65 Å². The number of aromatic hydroxyl groups is 1. The molecule has 1 aliphatic rings. The van der Waals surface area contributed by atoms with Crippen molar-refractivity contribution in [2.24, 2.45) is 4.99 Å². The summed E-state index contributed by atoms with van der Waals surface area (Å²) in [7, 11) is 0. The van der Waals surface area contributed by atoms with Crippen LogP contribution in [-0.2, 0) is 0 Å². The molecule has 3 aromatic heterocycles. The first kappa shape index (κ1) is 18.0. The van der Waals surface area contributed by atoms with Crippen LogP contribution in [0, 0.1) is 11.6 Å². The molecule has 1 aliphatic carbocycles. The van der Waals surface area contributed by atoms with E-state index in [0.29, 0.717) is 5.22 Å². The van der Waals surface area contributed by atoms with Crippen LogP contribution in [0.3, 0.4) is 0 Å². The van der Waals surface area contributed by atoms with E-state index in [1.54, 1.807) is 0 Å². The van der Waals surface area contributed by atoms with Crippen LogP contribution in [0.4, 0.5) is 8.78 Å². The maximum atomic E-state index is 13.5. The number of fused-ring (bicyclic) bond motifs is 1. The normalized spacial score (nSPS) is 15.3. The number of rotatable bonds is 4. The number of aromatic amines is 2. The van der Waals surface area contributed by atoms with E-state index in [2.05, 4.69) is 30.0 Å². The zero-order valence-corrected chi connectivity index (χ0v) is 15.1. The number of nitrogens with zero attached hydrogens (tertiary/aromatic N) is 5. The van der Waals surface area contributed by atoms with Gasteiger partial charge in [-0.1, -0.05) is 0 Å². The molecule has 1 aromatic carbocycles. The zero-order valence-electron chi connectivity index (χ0n) is 15.1. The highest BCUT2D eigenvalue weighted by molar-refractivity contribution is 5.56. The summed E-state index contributed by atoms with van der Waals surface area (Å²) in [5, 5.41) is 14.4. The molecule has 30 heavy (non-hydrogen) atoms. The van der Waals surface area contributed by atoms with Gasteiger partial charge in [0.25, 0.3) is 5.62 Å². The Morgan fingerprint density at radius 2 is 1.97 bits per heavy atom. The molecule has 0 amide bonds. The SMILES string of the molecule is O=c1[nH]c(O)c(C=c2cnn3c(=NC4CC4)nc(Oc4cc(F)cc(F)c4)nc23)[nH]1. The van der Waals surface area contributed by atoms with Crippen LogP contribution in [-0.4, -0.2) is 40.7 Å². The van der Waals surface area contributed by atoms with Gasteiger partial charge >= 0.3 is 11.7 Å². The van der Waals surface area contributed by atoms with Crippen LogP contribution in [0.2, 0.25) is 0 Å². The van der Waals surface area contributed by atoms with Crippen molar-refractivity contribution < 1.29 is 18.6 Å². The van der Waals surface area contributed by atoms with Crippen LogP contribution < -0.4 is 21.3 Å². The van der Waals surface area contributed by atoms with Crippen LogP contribution in [0.5, 0.6) is 17.6 Å². The second-order valence-corrected chi connectivity index (χ2v) is 6.69. The van der Waals surface area contributed by atoms with Crippen molar-refractivity contribution in [1.82, 2.24) is 29.5 Å². The summed E-state index contributed by atoms with van der Waals surface area (Å²) in [4.78, 5) is 28.9. The number of ether oxygens (including phenoxy) is 1. The number of aromatic nitrogens is 6. The summed E-state index contributed by atoms with van der Waals surface area (Å²) in [6.07, 6.45) is 4.73. The molecule has 1 fully saturated rings. The molecule has 10 nitrogen and oxygen atoms in total. The van der Waals surface area contributed by atoms with E-state index in [1.807, 2.05) is 0 Å². The van der Waals surface area contributed by atoms with Crippen molar-refractivity contribution >= 4 is 11.7 Å². The van der Waals surface area contributed by atoms with Gasteiger partial charge < -0.3 is 14.8 Å². The smallest absolute Gasteiger partial charge is 0.327 e. The molecule has 1 saturated carbocycles. The number of benzene rings is 1. The van der Waals surface area contributed by atoms with E-state index >= 15 is 0 Å². The minimum absolute atomic E-state index is 0.101. The second-order valence-electron chi connectivity index (χ2n) is 6.69. The Bertz CT molecular complexity index is 1430. The van der Waals surface area contributed by atoms with E-state index in [4.69, 9.17) is 4.74 Å². The Morgan fingerprint density at radius 1 is 1.20 bits per heavy atom. The van der Waals surface area contributed by atoms with Crippen molar-refractivity contribution in [3.8, 4) is 17.6 Å². The Labute approximate surface area is 165 Å². The first-order valence-corrected chi connectivity index (χ1v) is 8.91. The van der Waals surface area contributed by atoms with Crippen LogP contribution >= 0.6 is 0 Å². The van der Waals surface area contributed by atoms with Crippen molar-refractivity contribution in [1.29, 1.82) is 0 Å². The van der Waals surface area contributed by atoms with Gasteiger partial charge in [-0.05, 0) is 18.9 Å². The van der Waals surface area contributed by atoms with Crippen molar-refractivity contribution in [3.63, 3.8) is 0 Å². The molecule has 3 N–H and O–H groups in total. The summed E-state index contributed by atoms with van der Waals surface area (Å²) in [6, 6.07) is 2.64. The van der Waals surface area contributed by atoms with E-state index in [0.717, 1.165) is 31.0 Å². The molecule has 0 atom stereocenters. The summed E-state index contributed by atoms with van der Waals surface area (Å²) < 4.78 is 33.8. The molecule has 152 valence electrons. The quantitative estimate of drug-likeness (QED) is 0.447. The molecule has 5 rings (SSSR count). The highest BCUT2D eigenvalue weighted by Crippen LogP contribution is 2.23. The van der Waals surface area contributed by atoms with Crippen molar-refractivity contribution in [3.05, 3.63) is 63.0 Å². The fourth-order valence-corrected chi connectivity index (χ4v) is 2.80.